The van der Waals surface area contributed by atoms with Crippen LogP contribution < -0.4 is 15.0 Å². The molecule has 0 saturated carbocycles. The van der Waals surface area contributed by atoms with Gasteiger partial charge in [-0.15, -0.1) is 0 Å². The van der Waals surface area contributed by atoms with E-state index in [9.17, 15) is 0 Å². The summed E-state index contributed by atoms with van der Waals surface area (Å²) in [5.41, 5.74) is 5.09. The van der Waals surface area contributed by atoms with E-state index in [0.717, 1.165) is 38.9 Å². The van der Waals surface area contributed by atoms with Gasteiger partial charge in [-0.25, -0.2) is 4.98 Å². The molecule has 0 amide bonds. The Bertz CT molecular complexity index is 1090. The maximum atomic E-state index is 5.82. The van der Waals surface area contributed by atoms with E-state index in [4.69, 9.17) is 9.72 Å². The van der Waals surface area contributed by atoms with E-state index in [-0.39, 0.29) is 0 Å². The van der Waals surface area contributed by atoms with Crippen LogP contribution in [0.25, 0.3) is 21.8 Å². The van der Waals surface area contributed by atoms with E-state index in [1.54, 1.807) is 0 Å². The molecule has 0 bridgehead atoms. The van der Waals surface area contributed by atoms with Crippen molar-refractivity contribution in [3.8, 4) is 5.75 Å². The van der Waals surface area contributed by atoms with Gasteiger partial charge in [0.2, 0.25) is 0 Å². The first-order valence-corrected chi connectivity index (χ1v) is 9.16. The van der Waals surface area contributed by atoms with Crippen LogP contribution in [0.15, 0.2) is 66.7 Å². The maximum absolute atomic E-state index is 5.82. The Morgan fingerprint density at radius 1 is 0.889 bits per heavy atom. The smallest absolute Gasteiger partial charge is 0.145 e. The van der Waals surface area contributed by atoms with Gasteiger partial charge in [-0.05, 0) is 43.3 Å². The summed E-state index contributed by atoms with van der Waals surface area (Å²) in [6.45, 7) is 2.60. The molecule has 4 heteroatoms. The summed E-state index contributed by atoms with van der Waals surface area (Å²) in [7, 11) is 4.09. The van der Waals surface area contributed by atoms with Crippen molar-refractivity contribution in [3.05, 3.63) is 66.7 Å². The van der Waals surface area contributed by atoms with Crippen LogP contribution >= 0.6 is 0 Å². The second-order valence-electron chi connectivity index (χ2n) is 6.66. The van der Waals surface area contributed by atoms with Crippen LogP contribution in [0.5, 0.6) is 5.75 Å². The Hall–Kier alpha value is -3.27. The molecule has 0 aliphatic carbocycles. The van der Waals surface area contributed by atoms with Gasteiger partial charge in [-0.2, -0.15) is 0 Å². The van der Waals surface area contributed by atoms with Crippen molar-refractivity contribution >= 4 is 38.9 Å². The third-order valence-corrected chi connectivity index (χ3v) is 4.63. The van der Waals surface area contributed by atoms with Crippen LogP contribution in [-0.4, -0.2) is 25.7 Å². The molecule has 0 saturated heterocycles. The fourth-order valence-corrected chi connectivity index (χ4v) is 3.28. The zero-order chi connectivity index (χ0) is 18.8. The van der Waals surface area contributed by atoms with Gasteiger partial charge in [0.1, 0.15) is 11.3 Å². The highest BCUT2D eigenvalue weighted by atomic mass is 16.5. The standard InChI is InChI=1S/C23H23N3O/c1-4-27-21-11-7-9-19-22(18-8-5-6-10-20(18)25-23(19)21)24-16-12-14-17(15-13-16)26(2)3/h5-15H,4H2,1-3H3,(H,24,25). The second-order valence-corrected chi connectivity index (χ2v) is 6.66. The molecule has 0 radical (unpaired) electrons. The van der Waals surface area contributed by atoms with Crippen LogP contribution in [0.3, 0.4) is 0 Å². The SMILES string of the molecule is CCOc1cccc2c(Nc3ccc(N(C)C)cc3)c3ccccc3nc12. The van der Waals surface area contributed by atoms with Crippen LogP contribution in [-0.2, 0) is 0 Å². The van der Waals surface area contributed by atoms with E-state index in [0.29, 0.717) is 6.61 Å². The lowest BCUT2D eigenvalue weighted by Gasteiger charge is -2.16. The normalized spacial score (nSPS) is 10.9. The zero-order valence-electron chi connectivity index (χ0n) is 15.9. The average molecular weight is 357 g/mol. The first kappa shape index (κ1) is 17.2. The van der Waals surface area contributed by atoms with Crippen molar-refractivity contribution in [2.45, 2.75) is 6.92 Å². The first-order chi connectivity index (χ1) is 13.2. The molecule has 0 fully saturated rings. The maximum Gasteiger partial charge on any atom is 0.145 e. The molecule has 0 aliphatic heterocycles. The lowest BCUT2D eigenvalue weighted by atomic mass is 10.1. The predicted octanol–water partition coefficient (Wildman–Crippen LogP) is 5.60. The van der Waals surface area contributed by atoms with Gasteiger partial charge in [0.05, 0.1) is 17.8 Å². The van der Waals surface area contributed by atoms with Gasteiger partial charge in [-0.3, -0.25) is 0 Å². The number of hydrogen-bond donors (Lipinski definition) is 1. The molecule has 27 heavy (non-hydrogen) atoms. The Morgan fingerprint density at radius 3 is 2.37 bits per heavy atom. The number of hydrogen-bond acceptors (Lipinski definition) is 4. The Balaban J connectivity index is 1.89. The summed E-state index contributed by atoms with van der Waals surface area (Å²) in [6, 6.07) is 22.7. The molecule has 136 valence electrons. The van der Waals surface area contributed by atoms with Gasteiger partial charge in [-0.1, -0.05) is 30.3 Å². The third-order valence-electron chi connectivity index (χ3n) is 4.63. The van der Waals surface area contributed by atoms with E-state index in [1.165, 1.54) is 5.69 Å². The minimum atomic E-state index is 0.613. The van der Waals surface area contributed by atoms with Gasteiger partial charge in [0.25, 0.3) is 0 Å². The summed E-state index contributed by atoms with van der Waals surface area (Å²) in [6.07, 6.45) is 0. The topological polar surface area (TPSA) is 37.4 Å². The average Bonchev–Trinajstić information content (AvgIpc) is 2.69. The van der Waals surface area contributed by atoms with Gasteiger partial charge < -0.3 is 15.0 Å². The van der Waals surface area contributed by atoms with Crippen molar-refractivity contribution in [3.63, 3.8) is 0 Å². The number of benzene rings is 3. The quantitative estimate of drug-likeness (QED) is 0.472. The number of nitrogens with one attached hydrogen (secondary N) is 1. The van der Waals surface area contributed by atoms with Gasteiger partial charge in [0.15, 0.2) is 0 Å². The monoisotopic (exact) mass is 357 g/mol. The fraction of sp³-hybridized carbons (Fsp3) is 0.174. The Morgan fingerprint density at radius 2 is 1.63 bits per heavy atom. The molecule has 1 aromatic heterocycles. The minimum absolute atomic E-state index is 0.613. The van der Waals surface area contributed by atoms with E-state index in [1.807, 2.05) is 51.4 Å². The molecule has 4 nitrogen and oxygen atoms in total. The van der Waals surface area contributed by atoms with Gasteiger partial charge >= 0.3 is 0 Å². The highest BCUT2D eigenvalue weighted by Gasteiger charge is 2.12. The number of nitrogens with zero attached hydrogens (tertiary/aromatic N) is 2. The Kier molecular flexibility index (Phi) is 4.55. The van der Waals surface area contributed by atoms with Crippen molar-refractivity contribution in [1.29, 1.82) is 0 Å². The molecule has 0 spiro atoms. The zero-order valence-corrected chi connectivity index (χ0v) is 15.9. The lowest BCUT2D eigenvalue weighted by molar-refractivity contribution is 0.343. The van der Waals surface area contributed by atoms with Crippen molar-refractivity contribution in [2.75, 3.05) is 30.9 Å². The van der Waals surface area contributed by atoms with Crippen molar-refractivity contribution in [2.24, 2.45) is 0 Å². The van der Waals surface area contributed by atoms with Crippen molar-refractivity contribution in [1.82, 2.24) is 4.98 Å². The number of anilines is 3. The fourth-order valence-electron chi connectivity index (χ4n) is 3.28. The molecule has 3 aromatic carbocycles. The largest absolute Gasteiger partial charge is 0.492 e. The van der Waals surface area contributed by atoms with Crippen molar-refractivity contribution < 1.29 is 4.74 Å². The van der Waals surface area contributed by atoms with E-state index < -0.39 is 0 Å². The summed E-state index contributed by atoms with van der Waals surface area (Å²) in [5, 5.41) is 5.76. The lowest BCUT2D eigenvalue weighted by Crippen LogP contribution is -2.08. The van der Waals surface area contributed by atoms with Crippen LogP contribution in [0.2, 0.25) is 0 Å². The van der Waals surface area contributed by atoms with Crippen LogP contribution in [0.1, 0.15) is 6.92 Å². The number of ether oxygens (including phenoxy) is 1. The second kappa shape index (κ2) is 7.16. The molecule has 0 atom stereocenters. The van der Waals surface area contributed by atoms with Crippen LogP contribution in [0.4, 0.5) is 17.1 Å². The molecule has 1 heterocycles. The molecule has 4 rings (SSSR count). The molecule has 1 N–H and O–H groups in total. The molecule has 0 aliphatic rings. The summed E-state index contributed by atoms with van der Waals surface area (Å²) in [5.74, 6) is 0.812. The predicted molar refractivity (Wildman–Crippen MR) is 114 cm³/mol. The summed E-state index contributed by atoms with van der Waals surface area (Å²) in [4.78, 5) is 6.96. The van der Waals surface area contributed by atoms with E-state index >= 15 is 0 Å². The molecule has 0 unspecified atom stereocenters. The summed E-state index contributed by atoms with van der Waals surface area (Å²) >= 11 is 0. The number of aromatic nitrogens is 1. The minimum Gasteiger partial charge on any atom is -0.492 e. The number of rotatable bonds is 5. The number of fused-ring (bicyclic) bond motifs is 2. The third kappa shape index (κ3) is 3.26. The van der Waals surface area contributed by atoms with Gasteiger partial charge in [0, 0.05) is 36.2 Å². The first-order valence-electron chi connectivity index (χ1n) is 9.16. The highest BCUT2D eigenvalue weighted by Crippen LogP contribution is 2.36. The number of para-hydroxylation sites is 2. The summed E-state index contributed by atoms with van der Waals surface area (Å²) < 4.78 is 5.82. The van der Waals surface area contributed by atoms with E-state index in [2.05, 4.69) is 46.6 Å². The molecular formula is C23H23N3O. The molecular weight excluding hydrogens is 334 g/mol. The molecule has 4 aromatic rings. The van der Waals surface area contributed by atoms with Crippen LogP contribution in [0, 0.1) is 0 Å². The number of pyridine rings is 1. The highest BCUT2D eigenvalue weighted by molar-refractivity contribution is 6.10. The Labute approximate surface area is 159 Å².